The molecule has 0 unspecified atom stereocenters. The van der Waals surface area contributed by atoms with Gasteiger partial charge in [0, 0.05) is 5.56 Å². The molecule has 0 aliphatic heterocycles. The minimum Gasteiger partial charge on any atom is -0.207 e. The minimum absolute atomic E-state index is 0.0990. The summed E-state index contributed by atoms with van der Waals surface area (Å²) in [5.74, 6) is -0.622. The van der Waals surface area contributed by atoms with Crippen molar-refractivity contribution in [2.24, 2.45) is 0 Å². The normalized spacial score (nSPS) is 11.6. The van der Waals surface area contributed by atoms with Crippen LogP contribution in [0.3, 0.4) is 0 Å². The minimum atomic E-state index is -4.43. The van der Waals surface area contributed by atoms with E-state index in [0.29, 0.717) is 11.1 Å². The quantitative estimate of drug-likeness (QED) is 0.523. The second kappa shape index (κ2) is 5.21. The molecule has 0 saturated carbocycles. The molecule has 0 spiro atoms. The Labute approximate surface area is 112 Å². The molecule has 0 amide bonds. The first kappa shape index (κ1) is 13.9. The fourth-order valence-corrected chi connectivity index (χ4v) is 2.10. The van der Waals surface area contributed by atoms with Gasteiger partial charge in [-0.25, -0.2) is 4.39 Å². The van der Waals surface area contributed by atoms with E-state index in [0.717, 1.165) is 12.1 Å². The standard InChI is InChI=1S/C14H9ClF4/c15-8-12-11(5-2-6-13(12)16)9-3-1-4-10(7-9)14(17,18)19/h1-7H,8H2. The van der Waals surface area contributed by atoms with Crippen molar-refractivity contribution in [2.75, 3.05) is 0 Å². The molecule has 2 rings (SSSR count). The van der Waals surface area contributed by atoms with Gasteiger partial charge in [0.05, 0.1) is 11.4 Å². The molecule has 2 aromatic carbocycles. The molecule has 0 fully saturated rings. The van der Waals surface area contributed by atoms with E-state index >= 15 is 0 Å². The van der Waals surface area contributed by atoms with Gasteiger partial charge in [-0.3, -0.25) is 0 Å². The third kappa shape index (κ3) is 2.89. The van der Waals surface area contributed by atoms with Crippen LogP contribution in [0.5, 0.6) is 0 Å². The van der Waals surface area contributed by atoms with Crippen LogP contribution in [0, 0.1) is 5.82 Å². The van der Waals surface area contributed by atoms with Gasteiger partial charge < -0.3 is 0 Å². The zero-order chi connectivity index (χ0) is 14.0. The monoisotopic (exact) mass is 288 g/mol. The number of benzene rings is 2. The van der Waals surface area contributed by atoms with Gasteiger partial charge in [0.1, 0.15) is 5.82 Å². The molecule has 2 aromatic rings. The van der Waals surface area contributed by atoms with Crippen molar-refractivity contribution >= 4 is 11.6 Å². The Hall–Kier alpha value is -1.55. The number of hydrogen-bond donors (Lipinski definition) is 0. The maximum atomic E-state index is 13.6. The predicted molar refractivity (Wildman–Crippen MR) is 66.4 cm³/mol. The number of halogens is 5. The Kier molecular flexibility index (Phi) is 3.80. The van der Waals surface area contributed by atoms with Crippen LogP contribution in [-0.2, 0) is 12.1 Å². The largest absolute Gasteiger partial charge is 0.416 e. The number of hydrogen-bond acceptors (Lipinski definition) is 0. The molecule has 0 aliphatic rings. The Morgan fingerprint density at radius 2 is 1.68 bits per heavy atom. The zero-order valence-corrected chi connectivity index (χ0v) is 10.4. The van der Waals surface area contributed by atoms with E-state index < -0.39 is 17.6 Å². The van der Waals surface area contributed by atoms with Crippen LogP contribution in [-0.4, -0.2) is 0 Å². The van der Waals surface area contributed by atoms with Crippen molar-refractivity contribution in [1.82, 2.24) is 0 Å². The topological polar surface area (TPSA) is 0 Å². The Bertz CT molecular complexity index is 590. The Balaban J connectivity index is 2.57. The molecule has 0 saturated heterocycles. The van der Waals surface area contributed by atoms with Crippen molar-refractivity contribution in [3.8, 4) is 11.1 Å². The van der Waals surface area contributed by atoms with Crippen LogP contribution >= 0.6 is 11.6 Å². The highest BCUT2D eigenvalue weighted by atomic mass is 35.5. The summed E-state index contributed by atoms with van der Waals surface area (Å²) in [4.78, 5) is 0. The maximum absolute atomic E-state index is 13.6. The van der Waals surface area contributed by atoms with Gasteiger partial charge >= 0.3 is 6.18 Å². The molecule has 0 aromatic heterocycles. The van der Waals surface area contributed by atoms with Gasteiger partial charge in [0.25, 0.3) is 0 Å². The van der Waals surface area contributed by atoms with E-state index in [1.54, 1.807) is 6.07 Å². The van der Waals surface area contributed by atoms with Crippen LogP contribution in [0.1, 0.15) is 11.1 Å². The van der Waals surface area contributed by atoms with Crippen LogP contribution in [0.25, 0.3) is 11.1 Å². The zero-order valence-electron chi connectivity index (χ0n) is 9.64. The summed E-state index contributed by atoms with van der Waals surface area (Å²) in [5.41, 5.74) is 0.101. The highest BCUT2D eigenvalue weighted by Gasteiger charge is 2.30. The van der Waals surface area contributed by atoms with Crippen molar-refractivity contribution < 1.29 is 17.6 Å². The Morgan fingerprint density at radius 1 is 1.00 bits per heavy atom. The lowest BCUT2D eigenvalue weighted by atomic mass is 9.98. The molecule has 0 nitrogen and oxygen atoms in total. The molecule has 0 radical (unpaired) electrons. The fourth-order valence-electron chi connectivity index (χ4n) is 1.83. The van der Waals surface area contributed by atoms with E-state index in [-0.39, 0.29) is 11.4 Å². The molecule has 100 valence electrons. The van der Waals surface area contributed by atoms with Gasteiger partial charge in [-0.05, 0) is 29.3 Å². The smallest absolute Gasteiger partial charge is 0.207 e. The van der Waals surface area contributed by atoms with E-state index in [4.69, 9.17) is 11.6 Å². The van der Waals surface area contributed by atoms with E-state index in [2.05, 4.69) is 0 Å². The molecule has 0 heterocycles. The van der Waals surface area contributed by atoms with Gasteiger partial charge in [-0.1, -0.05) is 24.3 Å². The highest BCUT2D eigenvalue weighted by Crippen LogP contribution is 2.33. The summed E-state index contributed by atoms with van der Waals surface area (Å²) in [6.45, 7) is 0. The molecule has 5 heteroatoms. The SMILES string of the molecule is Fc1cccc(-c2cccc(C(F)(F)F)c2)c1CCl. The van der Waals surface area contributed by atoms with Crippen molar-refractivity contribution in [2.45, 2.75) is 12.1 Å². The van der Waals surface area contributed by atoms with Crippen LogP contribution in [0.2, 0.25) is 0 Å². The summed E-state index contributed by atoms with van der Waals surface area (Å²) in [6.07, 6.45) is -4.43. The van der Waals surface area contributed by atoms with Crippen LogP contribution < -0.4 is 0 Å². The third-order valence-corrected chi connectivity index (χ3v) is 3.02. The van der Waals surface area contributed by atoms with Gasteiger partial charge in [0.2, 0.25) is 0 Å². The fraction of sp³-hybridized carbons (Fsp3) is 0.143. The lowest BCUT2D eigenvalue weighted by Crippen LogP contribution is -2.04. The van der Waals surface area contributed by atoms with Gasteiger partial charge in [0.15, 0.2) is 0 Å². The summed E-state index contributed by atoms with van der Waals surface area (Å²) in [7, 11) is 0. The second-order valence-corrected chi connectivity index (χ2v) is 4.25. The van der Waals surface area contributed by atoms with Crippen LogP contribution in [0.15, 0.2) is 42.5 Å². The van der Waals surface area contributed by atoms with Crippen molar-refractivity contribution in [3.05, 3.63) is 59.4 Å². The predicted octanol–water partition coefficient (Wildman–Crippen LogP) is 5.25. The first-order valence-electron chi connectivity index (χ1n) is 5.44. The van der Waals surface area contributed by atoms with Crippen molar-refractivity contribution in [3.63, 3.8) is 0 Å². The maximum Gasteiger partial charge on any atom is 0.416 e. The summed E-state index contributed by atoms with van der Waals surface area (Å²) < 4.78 is 51.5. The van der Waals surface area contributed by atoms with Gasteiger partial charge in [-0.2, -0.15) is 13.2 Å². The third-order valence-electron chi connectivity index (χ3n) is 2.75. The van der Waals surface area contributed by atoms with Crippen molar-refractivity contribution in [1.29, 1.82) is 0 Å². The number of rotatable bonds is 2. The molecule has 0 atom stereocenters. The molecule has 0 aliphatic carbocycles. The van der Waals surface area contributed by atoms with Crippen LogP contribution in [0.4, 0.5) is 17.6 Å². The first-order valence-corrected chi connectivity index (χ1v) is 5.98. The van der Waals surface area contributed by atoms with Gasteiger partial charge in [-0.15, -0.1) is 11.6 Å². The molecular weight excluding hydrogens is 280 g/mol. The average Bonchev–Trinajstić information content (AvgIpc) is 2.37. The average molecular weight is 289 g/mol. The molecule has 0 N–H and O–H groups in total. The van der Waals surface area contributed by atoms with E-state index in [1.165, 1.54) is 24.3 Å². The molecule has 0 bridgehead atoms. The van der Waals surface area contributed by atoms with E-state index in [1.807, 2.05) is 0 Å². The lowest BCUT2D eigenvalue weighted by Gasteiger charge is -2.11. The summed E-state index contributed by atoms with van der Waals surface area (Å²) in [5, 5.41) is 0. The Morgan fingerprint density at radius 3 is 2.32 bits per heavy atom. The summed E-state index contributed by atoms with van der Waals surface area (Å²) in [6, 6.07) is 8.99. The summed E-state index contributed by atoms with van der Waals surface area (Å²) >= 11 is 5.65. The first-order chi connectivity index (χ1) is 8.93. The number of alkyl halides is 4. The molecule has 19 heavy (non-hydrogen) atoms. The second-order valence-electron chi connectivity index (χ2n) is 3.98. The molecular formula is C14H9ClF4. The van der Waals surface area contributed by atoms with E-state index in [9.17, 15) is 17.6 Å². The lowest BCUT2D eigenvalue weighted by molar-refractivity contribution is -0.137. The highest BCUT2D eigenvalue weighted by molar-refractivity contribution is 6.17.